The smallest absolute Gasteiger partial charge is 0.335 e. The average Bonchev–Trinajstić information content (AvgIpc) is 2.37. The summed E-state index contributed by atoms with van der Waals surface area (Å²) in [6.45, 7) is -0.208. The van der Waals surface area contributed by atoms with Crippen LogP contribution in [-0.2, 0) is 10.0 Å². The Morgan fingerprint density at radius 2 is 1.90 bits per heavy atom. The summed E-state index contributed by atoms with van der Waals surface area (Å²) in [5.41, 5.74) is -0.667. The molecule has 6 nitrogen and oxygen atoms in total. The van der Waals surface area contributed by atoms with Crippen LogP contribution in [0.15, 0.2) is 17.0 Å². The van der Waals surface area contributed by atoms with Crippen molar-refractivity contribution in [1.82, 2.24) is 4.72 Å². The van der Waals surface area contributed by atoms with E-state index in [1.54, 1.807) is 0 Å². The number of hydrogen-bond acceptors (Lipinski definition) is 4. The number of sulfonamides is 1. The maximum Gasteiger partial charge on any atom is 0.335 e. The van der Waals surface area contributed by atoms with E-state index in [0.717, 1.165) is 0 Å². The molecule has 0 unspecified atom stereocenters. The van der Waals surface area contributed by atoms with Gasteiger partial charge in [0.1, 0.15) is 4.90 Å². The Balaban J connectivity index is 3.07. The van der Waals surface area contributed by atoms with Crippen LogP contribution in [0.3, 0.4) is 0 Å². The number of aromatic carboxylic acids is 1. The molecule has 0 spiro atoms. The van der Waals surface area contributed by atoms with E-state index in [-0.39, 0.29) is 13.2 Å². The molecular formula is C11H13F2NO5S. The highest BCUT2D eigenvalue weighted by molar-refractivity contribution is 7.89. The van der Waals surface area contributed by atoms with E-state index in [1.165, 1.54) is 0 Å². The fourth-order valence-corrected chi connectivity index (χ4v) is 2.59. The molecule has 9 heteroatoms. The minimum atomic E-state index is -4.36. The van der Waals surface area contributed by atoms with Gasteiger partial charge >= 0.3 is 5.97 Å². The van der Waals surface area contributed by atoms with Crippen molar-refractivity contribution in [2.75, 3.05) is 13.2 Å². The normalized spacial score (nSPS) is 11.6. The van der Waals surface area contributed by atoms with E-state index in [1.807, 2.05) is 4.72 Å². The molecule has 0 bridgehead atoms. The lowest BCUT2D eigenvalue weighted by atomic mass is 10.2. The zero-order valence-electron chi connectivity index (χ0n) is 10.3. The maximum atomic E-state index is 13.5. The summed E-state index contributed by atoms with van der Waals surface area (Å²) in [5, 5.41) is 17.2. The van der Waals surface area contributed by atoms with Crippen LogP contribution in [-0.4, -0.2) is 37.8 Å². The van der Waals surface area contributed by atoms with Crippen molar-refractivity contribution in [3.8, 4) is 0 Å². The van der Waals surface area contributed by atoms with Crippen molar-refractivity contribution in [2.24, 2.45) is 0 Å². The molecule has 20 heavy (non-hydrogen) atoms. The molecule has 1 aromatic carbocycles. The lowest BCUT2D eigenvalue weighted by molar-refractivity contribution is 0.0696. The standard InChI is InChI=1S/C11H13F2NO5S/c12-8-5-7(11(16)17)6-9(10(8)13)20(18,19)14-3-1-2-4-15/h5-6,14-15H,1-4H2,(H,16,17). The predicted molar refractivity (Wildman–Crippen MR) is 64.8 cm³/mol. The molecule has 0 heterocycles. The summed E-state index contributed by atoms with van der Waals surface area (Å²) in [4.78, 5) is 9.65. The topological polar surface area (TPSA) is 104 Å². The number of carboxylic acid groups (broad SMARTS) is 1. The number of nitrogens with one attached hydrogen (secondary N) is 1. The van der Waals surface area contributed by atoms with E-state index in [4.69, 9.17) is 10.2 Å². The van der Waals surface area contributed by atoms with Crippen molar-refractivity contribution in [2.45, 2.75) is 17.7 Å². The highest BCUT2D eigenvalue weighted by Gasteiger charge is 2.24. The zero-order valence-corrected chi connectivity index (χ0v) is 11.1. The van der Waals surface area contributed by atoms with E-state index in [9.17, 15) is 22.0 Å². The summed E-state index contributed by atoms with van der Waals surface area (Å²) < 4.78 is 52.2. The van der Waals surface area contributed by atoms with Crippen molar-refractivity contribution in [3.05, 3.63) is 29.3 Å². The summed E-state index contributed by atoms with van der Waals surface area (Å²) in [5.74, 6) is -4.76. The largest absolute Gasteiger partial charge is 0.478 e. The van der Waals surface area contributed by atoms with Crippen LogP contribution in [0.4, 0.5) is 8.78 Å². The minimum Gasteiger partial charge on any atom is -0.478 e. The van der Waals surface area contributed by atoms with Gasteiger partial charge < -0.3 is 10.2 Å². The first kappa shape index (κ1) is 16.5. The van der Waals surface area contributed by atoms with Crippen LogP contribution in [0.25, 0.3) is 0 Å². The predicted octanol–water partition coefficient (Wildman–Crippen LogP) is 0.714. The lowest BCUT2D eigenvalue weighted by Gasteiger charge is -2.09. The Morgan fingerprint density at radius 3 is 2.45 bits per heavy atom. The molecule has 0 atom stereocenters. The number of benzene rings is 1. The number of aliphatic hydroxyl groups is 1. The first-order valence-corrected chi connectivity index (χ1v) is 7.10. The van der Waals surface area contributed by atoms with Gasteiger partial charge in [-0.05, 0) is 25.0 Å². The van der Waals surface area contributed by atoms with Gasteiger partial charge in [0.2, 0.25) is 10.0 Å². The van der Waals surface area contributed by atoms with Gasteiger partial charge in [0.05, 0.1) is 5.56 Å². The van der Waals surface area contributed by atoms with E-state index < -0.39 is 38.1 Å². The summed E-state index contributed by atoms with van der Waals surface area (Å²) >= 11 is 0. The fourth-order valence-electron chi connectivity index (χ4n) is 1.40. The zero-order chi connectivity index (χ0) is 15.3. The Bertz CT molecular complexity index is 603. The molecule has 1 aromatic rings. The number of carboxylic acids is 1. The van der Waals surface area contributed by atoms with Gasteiger partial charge in [-0.25, -0.2) is 26.7 Å². The van der Waals surface area contributed by atoms with Crippen molar-refractivity contribution in [3.63, 3.8) is 0 Å². The number of halogens is 2. The third-order valence-electron chi connectivity index (χ3n) is 2.41. The van der Waals surface area contributed by atoms with Gasteiger partial charge in [0.15, 0.2) is 11.6 Å². The van der Waals surface area contributed by atoms with Crippen LogP contribution >= 0.6 is 0 Å². The first-order chi connectivity index (χ1) is 9.29. The molecule has 0 fully saturated rings. The van der Waals surface area contributed by atoms with E-state index >= 15 is 0 Å². The van der Waals surface area contributed by atoms with Crippen molar-refractivity contribution < 1.29 is 32.2 Å². The first-order valence-electron chi connectivity index (χ1n) is 5.62. The van der Waals surface area contributed by atoms with Crippen LogP contribution in [0.5, 0.6) is 0 Å². The van der Waals surface area contributed by atoms with Crippen molar-refractivity contribution >= 4 is 16.0 Å². The second kappa shape index (κ2) is 6.73. The maximum absolute atomic E-state index is 13.5. The Hall–Kier alpha value is -1.58. The van der Waals surface area contributed by atoms with Gasteiger partial charge in [0.25, 0.3) is 0 Å². The van der Waals surface area contributed by atoms with Crippen LogP contribution in [0, 0.1) is 11.6 Å². The number of aliphatic hydroxyl groups excluding tert-OH is 1. The molecule has 0 saturated heterocycles. The molecule has 1 rings (SSSR count). The molecule has 0 radical (unpaired) electrons. The van der Waals surface area contributed by atoms with Crippen LogP contribution in [0.2, 0.25) is 0 Å². The van der Waals surface area contributed by atoms with Gasteiger partial charge in [-0.15, -0.1) is 0 Å². The highest BCUT2D eigenvalue weighted by atomic mass is 32.2. The number of unbranched alkanes of at least 4 members (excludes halogenated alkanes) is 1. The third-order valence-corrected chi connectivity index (χ3v) is 3.87. The number of rotatable bonds is 7. The number of hydrogen-bond donors (Lipinski definition) is 3. The Morgan fingerprint density at radius 1 is 1.25 bits per heavy atom. The van der Waals surface area contributed by atoms with Crippen LogP contribution < -0.4 is 4.72 Å². The lowest BCUT2D eigenvalue weighted by Crippen LogP contribution is -2.26. The molecule has 0 aliphatic heterocycles. The van der Waals surface area contributed by atoms with E-state index in [0.29, 0.717) is 25.0 Å². The Labute approximate surface area is 114 Å². The number of carbonyl (C=O) groups is 1. The average molecular weight is 309 g/mol. The molecular weight excluding hydrogens is 296 g/mol. The molecule has 0 aliphatic carbocycles. The van der Waals surface area contributed by atoms with Gasteiger partial charge in [-0.3, -0.25) is 0 Å². The molecule has 3 N–H and O–H groups in total. The monoisotopic (exact) mass is 309 g/mol. The van der Waals surface area contributed by atoms with Gasteiger partial charge in [0, 0.05) is 13.2 Å². The second-order valence-corrected chi connectivity index (χ2v) is 5.64. The Kier molecular flexibility index (Phi) is 5.54. The molecule has 0 saturated carbocycles. The quantitative estimate of drug-likeness (QED) is 0.644. The molecule has 0 aromatic heterocycles. The molecule has 112 valence electrons. The summed E-state index contributed by atoms with van der Waals surface area (Å²) in [7, 11) is -4.36. The molecule has 0 amide bonds. The minimum absolute atomic E-state index is 0.0821. The van der Waals surface area contributed by atoms with Crippen LogP contribution in [0.1, 0.15) is 23.2 Å². The fraction of sp³-hybridized carbons (Fsp3) is 0.364. The summed E-state index contributed by atoms with van der Waals surface area (Å²) in [6.07, 6.45) is 0.646. The SMILES string of the molecule is O=C(O)c1cc(F)c(F)c(S(=O)(=O)NCCCCO)c1. The third kappa shape index (κ3) is 3.95. The van der Waals surface area contributed by atoms with Crippen molar-refractivity contribution in [1.29, 1.82) is 0 Å². The van der Waals surface area contributed by atoms with Gasteiger partial charge in [-0.2, -0.15) is 0 Å². The molecule has 0 aliphatic rings. The van der Waals surface area contributed by atoms with E-state index in [2.05, 4.69) is 0 Å². The van der Waals surface area contributed by atoms with Gasteiger partial charge in [-0.1, -0.05) is 0 Å². The summed E-state index contributed by atoms with van der Waals surface area (Å²) in [6, 6.07) is 0.956. The highest BCUT2D eigenvalue weighted by Crippen LogP contribution is 2.20. The second-order valence-electron chi connectivity index (χ2n) is 3.90.